The molecule has 0 aliphatic carbocycles. The van der Waals surface area contributed by atoms with Gasteiger partial charge in [-0.2, -0.15) is 0 Å². The predicted molar refractivity (Wildman–Crippen MR) is 108 cm³/mol. The minimum absolute atomic E-state index is 0.0929. The van der Waals surface area contributed by atoms with Crippen LogP contribution < -0.4 is 19.1 Å². The standard InChI is InChI=1S/C20H26N2O5S/c1-5-15(2)21-20(23)14-27-18-8-6-16(7-9-18)22(3)28(24,25)19-12-10-17(26-4)11-13-19/h6-13,15H,5,14H2,1-4H3,(H,21,23)/t15-/m0/s1. The Morgan fingerprint density at radius 1 is 1.07 bits per heavy atom. The van der Waals surface area contributed by atoms with Gasteiger partial charge < -0.3 is 14.8 Å². The van der Waals surface area contributed by atoms with Crippen molar-refractivity contribution in [3.05, 3.63) is 48.5 Å². The van der Waals surface area contributed by atoms with E-state index in [9.17, 15) is 13.2 Å². The van der Waals surface area contributed by atoms with Crippen LogP contribution in [0, 0.1) is 0 Å². The number of amides is 1. The summed E-state index contributed by atoms with van der Waals surface area (Å²) in [6, 6.07) is 12.8. The molecule has 0 aliphatic rings. The Morgan fingerprint density at radius 3 is 2.18 bits per heavy atom. The van der Waals surface area contributed by atoms with Crippen molar-refractivity contribution in [2.75, 3.05) is 25.1 Å². The fourth-order valence-corrected chi connectivity index (χ4v) is 3.56. The van der Waals surface area contributed by atoms with Crippen molar-refractivity contribution in [2.24, 2.45) is 0 Å². The highest BCUT2D eigenvalue weighted by atomic mass is 32.2. The molecule has 0 spiro atoms. The van der Waals surface area contributed by atoms with Gasteiger partial charge in [-0.05, 0) is 61.9 Å². The van der Waals surface area contributed by atoms with Crippen LogP contribution in [0.3, 0.4) is 0 Å². The molecule has 8 heteroatoms. The number of hydrogen-bond acceptors (Lipinski definition) is 5. The summed E-state index contributed by atoms with van der Waals surface area (Å²) in [6.07, 6.45) is 0.843. The molecule has 0 aromatic heterocycles. The first-order valence-electron chi connectivity index (χ1n) is 8.93. The van der Waals surface area contributed by atoms with Crippen molar-refractivity contribution < 1.29 is 22.7 Å². The van der Waals surface area contributed by atoms with Crippen LogP contribution in [-0.4, -0.2) is 41.1 Å². The van der Waals surface area contributed by atoms with E-state index in [-0.39, 0.29) is 23.5 Å². The van der Waals surface area contributed by atoms with Crippen LogP contribution in [0.5, 0.6) is 11.5 Å². The van der Waals surface area contributed by atoms with Crippen LogP contribution in [0.25, 0.3) is 0 Å². The SMILES string of the molecule is CC[C@H](C)NC(=O)COc1ccc(N(C)S(=O)(=O)c2ccc(OC)cc2)cc1. The molecule has 0 bridgehead atoms. The molecule has 2 aromatic carbocycles. The van der Waals surface area contributed by atoms with Gasteiger partial charge in [-0.1, -0.05) is 6.92 Å². The smallest absolute Gasteiger partial charge is 0.264 e. The molecule has 0 heterocycles. The molecule has 1 amide bonds. The summed E-state index contributed by atoms with van der Waals surface area (Å²) < 4.78 is 37.2. The molecule has 0 radical (unpaired) electrons. The van der Waals surface area contributed by atoms with E-state index in [0.29, 0.717) is 17.2 Å². The average molecular weight is 407 g/mol. The number of nitrogens with one attached hydrogen (secondary N) is 1. The molecule has 1 N–H and O–H groups in total. The second-order valence-corrected chi connectivity index (χ2v) is 8.28. The topological polar surface area (TPSA) is 84.9 Å². The quantitative estimate of drug-likeness (QED) is 0.692. The second-order valence-electron chi connectivity index (χ2n) is 6.31. The third kappa shape index (κ3) is 5.39. The lowest BCUT2D eigenvalue weighted by atomic mass is 10.2. The monoisotopic (exact) mass is 406 g/mol. The van der Waals surface area contributed by atoms with Gasteiger partial charge in [-0.15, -0.1) is 0 Å². The minimum atomic E-state index is -3.70. The molecule has 2 rings (SSSR count). The van der Waals surface area contributed by atoms with Crippen LogP contribution in [0.4, 0.5) is 5.69 Å². The fraction of sp³-hybridized carbons (Fsp3) is 0.350. The van der Waals surface area contributed by atoms with Crippen LogP contribution in [-0.2, 0) is 14.8 Å². The van der Waals surface area contributed by atoms with E-state index in [1.54, 1.807) is 36.4 Å². The molecule has 7 nitrogen and oxygen atoms in total. The van der Waals surface area contributed by atoms with Gasteiger partial charge in [-0.25, -0.2) is 8.42 Å². The van der Waals surface area contributed by atoms with E-state index in [1.807, 2.05) is 13.8 Å². The van der Waals surface area contributed by atoms with E-state index in [4.69, 9.17) is 9.47 Å². The van der Waals surface area contributed by atoms with E-state index < -0.39 is 10.0 Å². The van der Waals surface area contributed by atoms with Gasteiger partial charge >= 0.3 is 0 Å². The highest BCUT2D eigenvalue weighted by Gasteiger charge is 2.21. The maximum Gasteiger partial charge on any atom is 0.264 e. The summed E-state index contributed by atoms with van der Waals surface area (Å²) in [5, 5.41) is 2.82. The first-order chi connectivity index (χ1) is 13.3. The van der Waals surface area contributed by atoms with Crippen LogP contribution in [0.2, 0.25) is 0 Å². The van der Waals surface area contributed by atoms with Crippen LogP contribution in [0.15, 0.2) is 53.4 Å². The Hall–Kier alpha value is -2.74. The zero-order chi connectivity index (χ0) is 20.7. The molecule has 0 saturated heterocycles. The van der Waals surface area contributed by atoms with Crippen LogP contribution in [0.1, 0.15) is 20.3 Å². The summed E-state index contributed by atoms with van der Waals surface area (Å²) in [6.45, 7) is 3.82. The zero-order valence-electron chi connectivity index (χ0n) is 16.5. The van der Waals surface area contributed by atoms with Gasteiger partial charge in [0.2, 0.25) is 0 Å². The van der Waals surface area contributed by atoms with Gasteiger partial charge in [-0.3, -0.25) is 9.10 Å². The van der Waals surface area contributed by atoms with Crippen molar-refractivity contribution in [1.29, 1.82) is 0 Å². The summed E-state index contributed by atoms with van der Waals surface area (Å²) >= 11 is 0. The maximum absolute atomic E-state index is 12.8. The second kappa shape index (κ2) is 9.45. The van der Waals surface area contributed by atoms with Gasteiger partial charge in [0.25, 0.3) is 15.9 Å². The number of sulfonamides is 1. The maximum atomic E-state index is 12.8. The zero-order valence-corrected chi connectivity index (χ0v) is 17.3. The third-order valence-electron chi connectivity index (χ3n) is 4.31. The van der Waals surface area contributed by atoms with Crippen molar-refractivity contribution in [3.63, 3.8) is 0 Å². The van der Waals surface area contributed by atoms with E-state index in [0.717, 1.165) is 6.42 Å². The molecular weight excluding hydrogens is 380 g/mol. The van der Waals surface area contributed by atoms with E-state index in [1.165, 1.54) is 30.6 Å². The molecule has 152 valence electrons. The number of hydrogen-bond donors (Lipinski definition) is 1. The number of benzene rings is 2. The molecular formula is C20H26N2O5S. The summed E-state index contributed by atoms with van der Waals surface area (Å²) in [7, 11) is -0.697. The number of carbonyl (C=O) groups excluding carboxylic acids is 1. The van der Waals surface area contributed by atoms with Crippen LogP contribution >= 0.6 is 0 Å². The largest absolute Gasteiger partial charge is 0.497 e. The van der Waals surface area contributed by atoms with Gasteiger partial charge in [0.1, 0.15) is 11.5 Å². The molecule has 0 aliphatic heterocycles. The molecule has 2 aromatic rings. The lowest BCUT2D eigenvalue weighted by Gasteiger charge is -2.20. The van der Waals surface area contributed by atoms with E-state index in [2.05, 4.69) is 5.32 Å². The normalized spacial score (nSPS) is 12.1. The van der Waals surface area contributed by atoms with Crippen molar-refractivity contribution in [3.8, 4) is 11.5 Å². The van der Waals surface area contributed by atoms with Gasteiger partial charge in [0.15, 0.2) is 6.61 Å². The summed E-state index contributed by atoms with van der Waals surface area (Å²) in [5.74, 6) is 0.872. The van der Waals surface area contributed by atoms with Gasteiger partial charge in [0, 0.05) is 13.1 Å². The number of anilines is 1. The minimum Gasteiger partial charge on any atom is -0.497 e. The number of ether oxygens (including phenoxy) is 2. The lowest BCUT2D eigenvalue weighted by Crippen LogP contribution is -2.35. The van der Waals surface area contributed by atoms with Gasteiger partial charge in [0.05, 0.1) is 17.7 Å². The number of carbonyl (C=O) groups is 1. The Bertz CT molecular complexity index is 880. The Morgan fingerprint density at radius 2 is 1.64 bits per heavy atom. The van der Waals surface area contributed by atoms with E-state index >= 15 is 0 Å². The number of methoxy groups -OCH3 is 1. The first kappa shape index (κ1) is 21.6. The first-order valence-corrected chi connectivity index (χ1v) is 10.4. The molecule has 1 atom stereocenters. The molecule has 0 saturated carbocycles. The Kier molecular flexibility index (Phi) is 7.28. The fourth-order valence-electron chi connectivity index (χ4n) is 2.36. The van der Waals surface area contributed by atoms with Crippen molar-refractivity contribution in [1.82, 2.24) is 5.32 Å². The lowest BCUT2D eigenvalue weighted by molar-refractivity contribution is -0.123. The Labute approximate surface area is 166 Å². The molecule has 28 heavy (non-hydrogen) atoms. The molecule has 0 fully saturated rings. The van der Waals surface area contributed by atoms with Crippen molar-refractivity contribution >= 4 is 21.6 Å². The van der Waals surface area contributed by atoms with Crippen molar-refractivity contribution in [2.45, 2.75) is 31.2 Å². The summed E-state index contributed by atoms with van der Waals surface area (Å²) in [5.41, 5.74) is 0.479. The third-order valence-corrected chi connectivity index (χ3v) is 6.11. The highest BCUT2D eigenvalue weighted by molar-refractivity contribution is 7.92. The predicted octanol–water partition coefficient (Wildman–Crippen LogP) is 2.81. The summed E-state index contributed by atoms with van der Waals surface area (Å²) in [4.78, 5) is 11.9. The molecule has 0 unspecified atom stereocenters. The number of rotatable bonds is 9. The average Bonchev–Trinajstić information content (AvgIpc) is 2.72. The highest BCUT2D eigenvalue weighted by Crippen LogP contribution is 2.25. The number of nitrogens with zero attached hydrogens (tertiary/aromatic N) is 1. The Balaban J connectivity index is 2.04.